The number of halogens is 1. The van der Waals surface area contributed by atoms with E-state index in [0.29, 0.717) is 34.3 Å². The van der Waals surface area contributed by atoms with Crippen LogP contribution < -0.4 is 9.47 Å². The highest BCUT2D eigenvalue weighted by Crippen LogP contribution is 2.43. The Morgan fingerprint density at radius 2 is 1.88 bits per heavy atom. The maximum Gasteiger partial charge on any atom is 0.295 e. The molecule has 0 saturated carbocycles. The van der Waals surface area contributed by atoms with Crippen molar-refractivity contribution in [2.45, 2.75) is 32.9 Å². The summed E-state index contributed by atoms with van der Waals surface area (Å²) in [6.45, 7) is 6.39. The molecule has 8 heteroatoms. The summed E-state index contributed by atoms with van der Waals surface area (Å²) in [5.74, 6) is -0.929. The van der Waals surface area contributed by atoms with Crippen molar-refractivity contribution in [2.24, 2.45) is 0 Å². The maximum absolute atomic E-state index is 13.1. The largest absolute Gasteiger partial charge is 0.507 e. The molecule has 0 bridgehead atoms. The van der Waals surface area contributed by atoms with Crippen LogP contribution in [0.4, 0.5) is 0 Å². The Kier molecular flexibility index (Phi) is 8.00. The molecule has 0 aromatic heterocycles. The van der Waals surface area contributed by atoms with Crippen molar-refractivity contribution in [3.63, 3.8) is 0 Å². The summed E-state index contributed by atoms with van der Waals surface area (Å²) < 4.78 is 16.6. The SMILES string of the molecule is CCOc1cc(/C(O)=C2\C(=O)C(=O)N(CCOC(C)C)C2c2ccccc2OC)ccc1Cl. The van der Waals surface area contributed by atoms with Gasteiger partial charge < -0.3 is 24.2 Å². The first-order valence-electron chi connectivity index (χ1n) is 10.8. The highest BCUT2D eigenvalue weighted by atomic mass is 35.5. The number of Topliss-reactive ketones (excluding diaryl/α,β-unsaturated/α-hetero) is 1. The van der Waals surface area contributed by atoms with Crippen molar-refractivity contribution < 1.29 is 28.9 Å². The molecular formula is C25H28ClNO6. The molecule has 0 aliphatic carbocycles. The van der Waals surface area contributed by atoms with Gasteiger partial charge in [-0.3, -0.25) is 9.59 Å². The quantitative estimate of drug-likeness (QED) is 0.325. The van der Waals surface area contributed by atoms with Crippen LogP contribution in [0.25, 0.3) is 5.76 Å². The predicted molar refractivity (Wildman–Crippen MR) is 126 cm³/mol. The first-order valence-corrected chi connectivity index (χ1v) is 11.1. The van der Waals surface area contributed by atoms with Gasteiger partial charge >= 0.3 is 0 Å². The Morgan fingerprint density at radius 3 is 2.55 bits per heavy atom. The number of ketones is 1. The van der Waals surface area contributed by atoms with Crippen LogP contribution in [0.5, 0.6) is 11.5 Å². The standard InChI is InChI=1S/C25H28ClNO6/c1-5-32-20-14-16(10-11-18(20)26)23(28)21-22(17-8-6-7-9-19(17)31-4)27(25(30)24(21)29)12-13-33-15(2)3/h6-11,14-15,22,28H,5,12-13H2,1-4H3/b23-21+. The van der Waals surface area contributed by atoms with E-state index in [4.69, 9.17) is 25.8 Å². The van der Waals surface area contributed by atoms with Gasteiger partial charge in [0.05, 0.1) is 43.1 Å². The fourth-order valence-electron chi connectivity index (χ4n) is 3.79. The van der Waals surface area contributed by atoms with E-state index in [-0.39, 0.29) is 30.6 Å². The molecule has 3 rings (SSSR count). The zero-order valence-corrected chi connectivity index (χ0v) is 19.9. The molecule has 7 nitrogen and oxygen atoms in total. The molecule has 0 radical (unpaired) electrons. The third kappa shape index (κ3) is 5.15. The average molecular weight is 474 g/mol. The molecule has 1 aliphatic rings. The molecule has 1 atom stereocenters. The number of methoxy groups -OCH3 is 1. The molecule has 2 aromatic rings. The van der Waals surface area contributed by atoms with E-state index < -0.39 is 17.7 Å². The number of para-hydroxylation sites is 1. The molecule has 1 heterocycles. The van der Waals surface area contributed by atoms with Gasteiger partial charge in [-0.05, 0) is 45.0 Å². The first kappa shape index (κ1) is 24.6. The minimum absolute atomic E-state index is 0.0289. The molecule has 2 aromatic carbocycles. The summed E-state index contributed by atoms with van der Waals surface area (Å²) >= 11 is 6.18. The monoisotopic (exact) mass is 473 g/mol. The Balaban J connectivity index is 2.15. The Bertz CT molecular complexity index is 1060. The predicted octanol–water partition coefficient (Wildman–Crippen LogP) is 4.59. The smallest absolute Gasteiger partial charge is 0.295 e. The zero-order valence-electron chi connectivity index (χ0n) is 19.1. The molecule has 1 saturated heterocycles. The molecule has 1 aliphatic heterocycles. The Morgan fingerprint density at radius 1 is 1.15 bits per heavy atom. The summed E-state index contributed by atoms with van der Waals surface area (Å²) in [4.78, 5) is 27.6. The van der Waals surface area contributed by atoms with Gasteiger partial charge in [0.25, 0.3) is 11.7 Å². The van der Waals surface area contributed by atoms with Gasteiger partial charge in [-0.15, -0.1) is 0 Å². The molecule has 0 spiro atoms. The Labute approximate surface area is 198 Å². The topological polar surface area (TPSA) is 85.3 Å². The van der Waals surface area contributed by atoms with Crippen molar-refractivity contribution >= 4 is 29.1 Å². The lowest BCUT2D eigenvalue weighted by Gasteiger charge is -2.26. The van der Waals surface area contributed by atoms with Crippen molar-refractivity contribution in [2.75, 3.05) is 26.9 Å². The Hall–Kier alpha value is -3.03. The second-order valence-electron chi connectivity index (χ2n) is 7.73. The van der Waals surface area contributed by atoms with Crippen LogP contribution in [-0.4, -0.2) is 54.7 Å². The number of amides is 1. The van der Waals surface area contributed by atoms with Crippen LogP contribution in [-0.2, 0) is 14.3 Å². The highest BCUT2D eigenvalue weighted by Gasteiger charge is 2.46. The number of hydrogen-bond acceptors (Lipinski definition) is 6. The summed E-state index contributed by atoms with van der Waals surface area (Å²) in [5.41, 5.74) is 0.877. The summed E-state index contributed by atoms with van der Waals surface area (Å²) in [7, 11) is 1.51. The average Bonchev–Trinajstić information content (AvgIpc) is 3.04. The third-order valence-electron chi connectivity index (χ3n) is 5.26. The lowest BCUT2D eigenvalue weighted by Crippen LogP contribution is -2.33. The van der Waals surface area contributed by atoms with Crippen LogP contribution in [0.1, 0.15) is 37.9 Å². The van der Waals surface area contributed by atoms with Crippen molar-refractivity contribution in [3.05, 3.63) is 64.2 Å². The van der Waals surface area contributed by atoms with Crippen molar-refractivity contribution in [3.8, 4) is 11.5 Å². The minimum atomic E-state index is -0.844. The second kappa shape index (κ2) is 10.7. The fourth-order valence-corrected chi connectivity index (χ4v) is 3.96. The van der Waals surface area contributed by atoms with Crippen LogP contribution in [0.3, 0.4) is 0 Å². The van der Waals surface area contributed by atoms with Gasteiger partial charge in [-0.25, -0.2) is 0 Å². The lowest BCUT2D eigenvalue weighted by atomic mass is 9.94. The van der Waals surface area contributed by atoms with Gasteiger partial charge in [0.15, 0.2) is 0 Å². The van der Waals surface area contributed by atoms with E-state index >= 15 is 0 Å². The lowest BCUT2D eigenvalue weighted by molar-refractivity contribution is -0.140. The fraction of sp³-hybridized carbons (Fsp3) is 0.360. The van der Waals surface area contributed by atoms with Crippen LogP contribution in [0.2, 0.25) is 5.02 Å². The number of likely N-dealkylation sites (tertiary alicyclic amines) is 1. The summed E-state index contributed by atoms with van der Waals surface area (Å²) in [5, 5.41) is 11.6. The highest BCUT2D eigenvalue weighted by molar-refractivity contribution is 6.46. The van der Waals surface area contributed by atoms with Crippen molar-refractivity contribution in [1.82, 2.24) is 4.90 Å². The van der Waals surface area contributed by atoms with Crippen LogP contribution in [0, 0.1) is 0 Å². The number of hydrogen-bond donors (Lipinski definition) is 1. The maximum atomic E-state index is 13.1. The number of ether oxygens (including phenoxy) is 3. The zero-order chi connectivity index (χ0) is 24.1. The molecule has 1 fully saturated rings. The summed E-state index contributed by atoms with van der Waals surface area (Å²) in [6, 6.07) is 11.0. The third-order valence-corrected chi connectivity index (χ3v) is 5.57. The van der Waals surface area contributed by atoms with E-state index in [1.807, 2.05) is 20.8 Å². The molecule has 1 N–H and O–H groups in total. The number of aliphatic hydroxyl groups excluding tert-OH is 1. The van der Waals surface area contributed by atoms with Crippen LogP contribution >= 0.6 is 11.6 Å². The molecule has 1 unspecified atom stereocenters. The van der Waals surface area contributed by atoms with Crippen LogP contribution in [0.15, 0.2) is 48.0 Å². The van der Waals surface area contributed by atoms with Gasteiger partial charge in [-0.2, -0.15) is 0 Å². The normalized spacial score (nSPS) is 17.6. The molecule has 176 valence electrons. The first-order chi connectivity index (χ1) is 15.8. The number of benzene rings is 2. The van der Waals surface area contributed by atoms with E-state index in [2.05, 4.69) is 0 Å². The van der Waals surface area contributed by atoms with Gasteiger partial charge in [0.2, 0.25) is 0 Å². The van der Waals surface area contributed by atoms with Crippen molar-refractivity contribution in [1.29, 1.82) is 0 Å². The number of rotatable bonds is 9. The van der Waals surface area contributed by atoms with E-state index in [1.54, 1.807) is 42.5 Å². The molecular weight excluding hydrogens is 446 g/mol. The number of nitrogens with zero attached hydrogens (tertiary/aromatic N) is 1. The number of carbonyl (C=O) groups excluding carboxylic acids is 2. The number of aliphatic hydroxyl groups is 1. The summed E-state index contributed by atoms with van der Waals surface area (Å²) in [6.07, 6.45) is -0.0300. The second-order valence-corrected chi connectivity index (χ2v) is 8.14. The van der Waals surface area contributed by atoms with Gasteiger partial charge in [0.1, 0.15) is 17.3 Å². The molecule has 33 heavy (non-hydrogen) atoms. The minimum Gasteiger partial charge on any atom is -0.507 e. The van der Waals surface area contributed by atoms with E-state index in [9.17, 15) is 14.7 Å². The van der Waals surface area contributed by atoms with E-state index in [1.165, 1.54) is 12.0 Å². The van der Waals surface area contributed by atoms with E-state index in [0.717, 1.165) is 0 Å². The van der Waals surface area contributed by atoms with Gasteiger partial charge in [0, 0.05) is 17.7 Å². The number of carbonyl (C=O) groups is 2. The van der Waals surface area contributed by atoms with Gasteiger partial charge in [-0.1, -0.05) is 29.8 Å². The molecule has 1 amide bonds.